The van der Waals surface area contributed by atoms with E-state index in [4.69, 9.17) is 19.5 Å². The number of fused-ring (bicyclic) bond motifs is 1. The Morgan fingerprint density at radius 2 is 1.36 bits per heavy atom. The largest absolute Gasteiger partial charge is 0.481 e. The number of nitrogen functional groups attached to an aromatic ring is 1. The molecule has 25 nitrogen and oxygen atoms in total. The lowest BCUT2D eigenvalue weighted by Gasteiger charge is -2.30. The number of thioether (sulfide) groups is 1. The van der Waals surface area contributed by atoms with Crippen LogP contribution >= 0.6 is 35.2 Å². The molecule has 75 heavy (non-hydrogen) atoms. The average molecular weight is 1150 g/mol. The number of carbonyl (C=O) groups is 4. The Bertz CT molecular complexity index is 2220. The van der Waals surface area contributed by atoms with Gasteiger partial charge in [-0.25, -0.2) is 28.6 Å². The second kappa shape index (κ2) is 33.6. The Kier molecular flexibility index (Phi) is 29.8. The SMILES string of the molecule is CC(C)CCCCCCCCCCCCCCCCCCCC(=O)CC(=O)SCCNC(=O)CCNC(=O)[C@@H](O)C(C)(C)COP(=O)(O)OP(=O)(O)OC[C@@H]1O[C@H](n2cnc3c(N)ncnc32)[C@@H](O)[C@H]1OP(=O)(O)O. The zero-order valence-electron chi connectivity index (χ0n) is 43.7. The third kappa shape index (κ3) is 26.6. The minimum absolute atomic E-state index is 0.0269. The van der Waals surface area contributed by atoms with E-state index >= 15 is 0 Å². The van der Waals surface area contributed by atoms with Gasteiger partial charge in [-0.15, -0.1) is 0 Å². The van der Waals surface area contributed by atoms with Crippen molar-refractivity contribution in [1.29, 1.82) is 0 Å². The first-order chi connectivity index (χ1) is 35.3. The molecule has 3 rings (SSSR count). The number of nitrogens with one attached hydrogen (secondary N) is 2. The number of nitrogens with zero attached hydrogens (tertiary/aromatic N) is 4. The van der Waals surface area contributed by atoms with E-state index in [-0.39, 0.29) is 59.6 Å². The van der Waals surface area contributed by atoms with Crippen LogP contribution in [-0.2, 0) is 55.5 Å². The normalized spacial score (nSPS) is 19.2. The number of phosphoric acid groups is 3. The van der Waals surface area contributed by atoms with Crippen molar-refractivity contribution in [3.8, 4) is 0 Å². The lowest BCUT2D eigenvalue weighted by atomic mass is 9.87. The molecule has 10 N–H and O–H groups in total. The lowest BCUT2D eigenvalue weighted by molar-refractivity contribution is -0.137. The standard InChI is InChI=1S/C46H82N7O18P3S/c1-33(2)22-20-18-16-14-12-10-8-6-5-7-9-11-13-15-17-19-21-23-34(54)28-37(56)75-27-26-48-36(55)24-25-49-44(59)41(58)46(3,4)30-68-74(65,66)71-73(63,64)67-29-35-40(70-72(60,61)62)39(57)45(69-35)53-32-52-38-42(47)50-31-51-43(38)53/h31-33,35,39-41,45,57-58H,5-30H2,1-4H3,(H,48,55)(H,49,59)(H,63,64)(H,65,66)(H2,47,50,51)(H2,60,61,62)/t35-,39-,40-,41+,45-/m0/s1. The Balaban J connectivity index is 1.23. The molecule has 0 aliphatic carbocycles. The highest BCUT2D eigenvalue weighted by Crippen LogP contribution is 2.61. The molecule has 2 aromatic heterocycles. The van der Waals surface area contributed by atoms with Crippen LogP contribution in [-0.4, -0.2) is 128 Å². The van der Waals surface area contributed by atoms with Crippen LogP contribution in [0.5, 0.6) is 0 Å². The van der Waals surface area contributed by atoms with Crippen molar-refractivity contribution in [3.05, 3.63) is 12.7 Å². The Morgan fingerprint density at radius 3 is 1.93 bits per heavy atom. The molecule has 430 valence electrons. The van der Waals surface area contributed by atoms with Gasteiger partial charge in [-0.2, -0.15) is 4.31 Å². The smallest absolute Gasteiger partial charge is 0.386 e. The van der Waals surface area contributed by atoms with Crippen molar-refractivity contribution in [2.24, 2.45) is 11.3 Å². The molecule has 2 aromatic rings. The summed E-state index contributed by atoms with van der Waals surface area (Å²) in [5.74, 6) is -0.561. The predicted molar refractivity (Wildman–Crippen MR) is 279 cm³/mol. The van der Waals surface area contributed by atoms with Crippen LogP contribution in [0.15, 0.2) is 12.7 Å². The number of hydrogen-bond donors (Lipinski definition) is 9. The van der Waals surface area contributed by atoms with Gasteiger partial charge in [0.05, 0.1) is 26.0 Å². The summed E-state index contributed by atoms with van der Waals surface area (Å²) in [6, 6.07) is 0. The van der Waals surface area contributed by atoms with Crippen molar-refractivity contribution >= 4 is 74.9 Å². The number of phosphoric ester groups is 3. The van der Waals surface area contributed by atoms with Crippen LogP contribution in [0.3, 0.4) is 0 Å². The van der Waals surface area contributed by atoms with Gasteiger partial charge >= 0.3 is 23.5 Å². The molecule has 2 amide bonds. The van der Waals surface area contributed by atoms with Crippen molar-refractivity contribution in [3.63, 3.8) is 0 Å². The molecule has 7 atom stereocenters. The number of Topliss-reactive ketones (excluding diaryl/α,β-unsaturated/α-hetero) is 1. The topological polar surface area (TPSA) is 381 Å². The van der Waals surface area contributed by atoms with Crippen LogP contribution < -0.4 is 16.4 Å². The first-order valence-corrected chi connectivity index (χ1v) is 31.4. The monoisotopic (exact) mass is 1150 g/mol. The van der Waals surface area contributed by atoms with Crippen molar-refractivity contribution < 1.29 is 85.3 Å². The molecule has 0 bridgehead atoms. The molecule has 1 aliphatic heterocycles. The molecule has 1 aliphatic rings. The van der Waals surface area contributed by atoms with E-state index in [9.17, 15) is 62.7 Å². The molecule has 0 radical (unpaired) electrons. The van der Waals surface area contributed by atoms with Crippen LogP contribution in [0.4, 0.5) is 5.82 Å². The van der Waals surface area contributed by atoms with Gasteiger partial charge in [0, 0.05) is 37.1 Å². The Morgan fingerprint density at radius 1 is 0.800 bits per heavy atom. The molecular weight excluding hydrogens is 1060 g/mol. The number of amides is 2. The highest BCUT2D eigenvalue weighted by atomic mass is 32.2. The average Bonchev–Trinajstić information content (AvgIpc) is 3.89. The molecule has 1 saturated heterocycles. The summed E-state index contributed by atoms with van der Waals surface area (Å²) in [5, 5.41) is 26.3. The number of anilines is 1. The van der Waals surface area contributed by atoms with E-state index in [2.05, 4.69) is 48.3 Å². The second-order valence-electron chi connectivity index (χ2n) is 19.9. The van der Waals surface area contributed by atoms with E-state index in [1.807, 2.05) is 0 Å². The third-order valence-electron chi connectivity index (χ3n) is 12.3. The molecular formula is C46H82N7O18P3S. The molecule has 0 aromatic carbocycles. The maximum atomic E-state index is 12.8. The summed E-state index contributed by atoms with van der Waals surface area (Å²) in [5.41, 5.74) is 4.25. The summed E-state index contributed by atoms with van der Waals surface area (Å²) in [7, 11) is -16.5. The second-order valence-corrected chi connectivity index (χ2v) is 25.3. The fraction of sp³-hybridized carbons (Fsp3) is 0.804. The van der Waals surface area contributed by atoms with Crippen molar-refractivity contribution in [2.75, 3.05) is 37.8 Å². The molecule has 3 heterocycles. The van der Waals surface area contributed by atoms with Crippen molar-refractivity contribution in [1.82, 2.24) is 30.2 Å². The molecule has 2 unspecified atom stereocenters. The molecule has 1 fully saturated rings. The number of aliphatic hydroxyl groups is 2. The number of rotatable bonds is 41. The number of carbonyl (C=O) groups excluding carboxylic acids is 4. The first kappa shape index (κ1) is 66.5. The number of nitrogens with two attached hydrogens (primary N) is 1. The van der Waals surface area contributed by atoms with Crippen LogP contribution in [0.2, 0.25) is 0 Å². The Labute approximate surface area is 443 Å². The quantitative estimate of drug-likeness (QED) is 0.0190. The van der Waals surface area contributed by atoms with E-state index < -0.39 is 84.6 Å². The highest BCUT2D eigenvalue weighted by molar-refractivity contribution is 8.13. The minimum atomic E-state index is -5.59. The number of ketones is 1. The number of ether oxygens (including phenoxy) is 1. The molecule has 0 saturated carbocycles. The van der Waals surface area contributed by atoms with E-state index in [0.717, 1.165) is 60.6 Å². The van der Waals surface area contributed by atoms with Crippen LogP contribution in [0.25, 0.3) is 11.2 Å². The summed E-state index contributed by atoms with van der Waals surface area (Å²) >= 11 is 0.944. The number of hydrogen-bond acceptors (Lipinski definition) is 19. The van der Waals surface area contributed by atoms with Gasteiger partial charge in [-0.3, -0.25) is 37.3 Å². The zero-order chi connectivity index (χ0) is 55.7. The number of aliphatic hydroxyl groups excluding tert-OH is 2. The first-order valence-electron chi connectivity index (χ1n) is 25.9. The zero-order valence-corrected chi connectivity index (χ0v) is 47.2. The van der Waals surface area contributed by atoms with Gasteiger partial charge in [0.25, 0.3) is 0 Å². The summed E-state index contributed by atoms with van der Waals surface area (Å²) in [4.78, 5) is 101. The van der Waals surface area contributed by atoms with E-state index in [0.29, 0.717) is 6.42 Å². The lowest BCUT2D eigenvalue weighted by Crippen LogP contribution is -2.46. The van der Waals surface area contributed by atoms with Gasteiger partial charge in [0.15, 0.2) is 22.8 Å². The van der Waals surface area contributed by atoms with Crippen LogP contribution in [0.1, 0.15) is 169 Å². The van der Waals surface area contributed by atoms with Gasteiger partial charge in [-0.1, -0.05) is 149 Å². The predicted octanol–water partition coefficient (Wildman–Crippen LogP) is 6.69. The number of imidazole rings is 1. The maximum Gasteiger partial charge on any atom is 0.481 e. The van der Waals surface area contributed by atoms with Gasteiger partial charge < -0.3 is 50.9 Å². The summed E-state index contributed by atoms with van der Waals surface area (Å²) in [6.07, 6.45) is 15.9. The molecule has 29 heteroatoms. The summed E-state index contributed by atoms with van der Waals surface area (Å²) in [6.45, 7) is 4.94. The van der Waals surface area contributed by atoms with Crippen molar-refractivity contribution in [2.45, 2.75) is 193 Å². The minimum Gasteiger partial charge on any atom is -0.386 e. The summed E-state index contributed by atoms with van der Waals surface area (Å²) < 4.78 is 62.5. The fourth-order valence-corrected chi connectivity index (χ4v) is 11.6. The van der Waals surface area contributed by atoms with E-state index in [1.54, 1.807) is 0 Å². The van der Waals surface area contributed by atoms with Gasteiger partial charge in [0.1, 0.15) is 42.0 Å². The Hall–Kier alpha value is -2.77. The third-order valence-corrected chi connectivity index (χ3v) is 16.3. The fourth-order valence-electron chi connectivity index (χ4n) is 8.12. The number of unbranched alkanes of at least 4 members (excludes halogenated alkanes) is 16. The van der Waals surface area contributed by atoms with Crippen LogP contribution in [0, 0.1) is 11.3 Å². The van der Waals surface area contributed by atoms with Gasteiger partial charge in [0.2, 0.25) is 11.8 Å². The molecule has 0 spiro atoms. The van der Waals surface area contributed by atoms with E-state index in [1.165, 1.54) is 104 Å². The number of aromatic nitrogens is 4. The maximum absolute atomic E-state index is 12.8. The highest BCUT2D eigenvalue weighted by Gasteiger charge is 2.50. The van der Waals surface area contributed by atoms with Gasteiger partial charge in [-0.05, 0) is 12.3 Å².